The lowest BCUT2D eigenvalue weighted by atomic mass is 9.79. The molecule has 0 fully saturated rings. The number of hydrogen-bond acceptors (Lipinski definition) is 8. The van der Waals surface area contributed by atoms with Gasteiger partial charge in [0.05, 0.1) is 19.7 Å². The van der Waals surface area contributed by atoms with E-state index in [1.54, 1.807) is 31.4 Å². The third kappa shape index (κ3) is 8.31. The Morgan fingerprint density at radius 2 is 1.62 bits per heavy atom. The standard InChI is InChI=1S/C32H36N8O5/c1-43-18-6-16-35-31(42)32(20-24-8-2-3-9-25(24)21-36-39-33)29(28-11-5-4-10-26(28)22-37-40-34)45-30(38-32)23-12-14-27(15-13-23)44-19-7-17-41/h2-5,8-15,29,41H,6-7,16-22H2,1H3,(H,35,42)/t29-,32-/m1/s1. The number of rotatable bonds is 17. The van der Waals surface area contributed by atoms with Gasteiger partial charge in [-0.25, -0.2) is 4.99 Å². The van der Waals surface area contributed by atoms with E-state index in [-0.39, 0.29) is 37.9 Å². The van der Waals surface area contributed by atoms with Crippen LogP contribution >= 0.6 is 0 Å². The number of carbonyl (C=O) groups excluding carboxylic acids is 1. The number of aliphatic hydroxyl groups excluding tert-OH is 1. The number of azide groups is 2. The van der Waals surface area contributed by atoms with Gasteiger partial charge in [-0.2, -0.15) is 0 Å². The Balaban J connectivity index is 1.85. The van der Waals surface area contributed by atoms with Crippen LogP contribution in [0.1, 0.15) is 46.8 Å². The highest BCUT2D eigenvalue weighted by Gasteiger charge is 2.53. The van der Waals surface area contributed by atoms with E-state index in [4.69, 9.17) is 35.4 Å². The summed E-state index contributed by atoms with van der Waals surface area (Å²) in [4.78, 5) is 25.3. The van der Waals surface area contributed by atoms with E-state index in [0.29, 0.717) is 55.0 Å². The van der Waals surface area contributed by atoms with Gasteiger partial charge in [-0.05, 0) is 64.0 Å². The molecule has 2 N–H and O–H groups in total. The van der Waals surface area contributed by atoms with Crippen LogP contribution < -0.4 is 10.1 Å². The molecule has 0 saturated carbocycles. The average molecular weight is 613 g/mol. The van der Waals surface area contributed by atoms with E-state index in [9.17, 15) is 4.79 Å². The van der Waals surface area contributed by atoms with Crippen LogP contribution in [0, 0.1) is 0 Å². The van der Waals surface area contributed by atoms with Gasteiger partial charge in [0.15, 0.2) is 11.6 Å². The number of amides is 1. The molecule has 234 valence electrons. The van der Waals surface area contributed by atoms with Crippen LogP contribution in [-0.4, -0.2) is 55.9 Å². The van der Waals surface area contributed by atoms with Gasteiger partial charge in [0, 0.05) is 55.1 Å². The molecule has 0 radical (unpaired) electrons. The van der Waals surface area contributed by atoms with E-state index < -0.39 is 11.6 Å². The molecule has 4 rings (SSSR count). The van der Waals surface area contributed by atoms with Gasteiger partial charge in [-0.1, -0.05) is 58.8 Å². The molecule has 1 heterocycles. The summed E-state index contributed by atoms with van der Waals surface area (Å²) in [5.41, 5.74) is 20.1. The number of ether oxygens (including phenoxy) is 3. The Morgan fingerprint density at radius 3 is 2.31 bits per heavy atom. The fourth-order valence-corrected chi connectivity index (χ4v) is 5.15. The normalized spacial score (nSPS) is 16.9. The minimum absolute atomic E-state index is 0.0346. The Morgan fingerprint density at radius 1 is 0.956 bits per heavy atom. The second-order valence-electron chi connectivity index (χ2n) is 10.3. The smallest absolute Gasteiger partial charge is 0.252 e. The Labute approximate surface area is 261 Å². The predicted molar refractivity (Wildman–Crippen MR) is 169 cm³/mol. The number of aliphatic imine (C=N–C) groups is 1. The number of methoxy groups -OCH3 is 1. The highest BCUT2D eigenvalue weighted by atomic mass is 16.5. The lowest BCUT2D eigenvalue weighted by Gasteiger charge is -2.32. The van der Waals surface area contributed by atoms with Gasteiger partial charge in [-0.3, -0.25) is 4.79 Å². The van der Waals surface area contributed by atoms with E-state index in [1.165, 1.54) is 0 Å². The molecule has 3 aromatic rings. The maximum absolute atomic E-state index is 14.4. The summed E-state index contributed by atoms with van der Waals surface area (Å²) >= 11 is 0. The molecular formula is C32H36N8O5. The van der Waals surface area contributed by atoms with Crippen molar-refractivity contribution in [1.82, 2.24) is 5.32 Å². The van der Waals surface area contributed by atoms with Crippen LogP contribution in [0.4, 0.5) is 0 Å². The van der Waals surface area contributed by atoms with Crippen molar-refractivity contribution < 1.29 is 24.1 Å². The fraction of sp³-hybridized carbons (Fsp3) is 0.375. The second kappa shape index (κ2) is 16.7. The van der Waals surface area contributed by atoms with Gasteiger partial charge in [0.2, 0.25) is 5.90 Å². The van der Waals surface area contributed by atoms with Gasteiger partial charge >= 0.3 is 0 Å². The summed E-state index contributed by atoms with van der Waals surface area (Å²) < 4.78 is 17.5. The SMILES string of the molecule is COCCCNC(=O)[C@]1(Cc2ccccc2CN=[N+]=[N-])N=C(c2ccc(OCCCO)cc2)O[C@@H]1c1ccccc1CN=[N+]=[N-]. The molecule has 0 spiro atoms. The van der Waals surface area contributed by atoms with Crippen molar-refractivity contribution in [2.24, 2.45) is 15.2 Å². The van der Waals surface area contributed by atoms with Crippen LogP contribution in [0.25, 0.3) is 20.9 Å². The van der Waals surface area contributed by atoms with Crippen LogP contribution in [0.3, 0.4) is 0 Å². The molecule has 2 atom stereocenters. The highest BCUT2D eigenvalue weighted by molar-refractivity contribution is 6.01. The number of carbonyl (C=O) groups is 1. The summed E-state index contributed by atoms with van der Waals surface area (Å²) in [5.74, 6) is 0.538. The first kappa shape index (κ1) is 32.8. The molecule has 0 saturated heterocycles. The largest absolute Gasteiger partial charge is 0.494 e. The average Bonchev–Trinajstić information content (AvgIpc) is 3.46. The molecule has 1 aliphatic rings. The van der Waals surface area contributed by atoms with Crippen molar-refractivity contribution in [2.75, 3.05) is 33.5 Å². The van der Waals surface area contributed by atoms with Crippen LogP contribution in [0.2, 0.25) is 0 Å². The molecule has 0 aliphatic carbocycles. The Kier molecular flexibility index (Phi) is 12.2. The van der Waals surface area contributed by atoms with Crippen LogP contribution in [0.5, 0.6) is 5.75 Å². The molecule has 0 aromatic heterocycles. The predicted octanol–water partition coefficient (Wildman–Crippen LogP) is 5.72. The Hall–Kier alpha value is -5.06. The van der Waals surface area contributed by atoms with Crippen molar-refractivity contribution in [3.8, 4) is 5.75 Å². The van der Waals surface area contributed by atoms with E-state index in [2.05, 4.69) is 25.4 Å². The van der Waals surface area contributed by atoms with E-state index in [0.717, 1.165) is 11.1 Å². The number of nitrogens with one attached hydrogen (secondary N) is 1. The maximum Gasteiger partial charge on any atom is 0.252 e. The number of nitrogens with zero attached hydrogens (tertiary/aromatic N) is 7. The molecule has 1 aliphatic heterocycles. The van der Waals surface area contributed by atoms with Crippen LogP contribution in [-0.2, 0) is 33.8 Å². The molecule has 13 heteroatoms. The summed E-state index contributed by atoms with van der Waals surface area (Å²) in [6.07, 6.45) is 0.344. The molecule has 0 bridgehead atoms. The zero-order valence-corrected chi connectivity index (χ0v) is 25.1. The van der Waals surface area contributed by atoms with Gasteiger partial charge in [0.1, 0.15) is 5.75 Å². The summed E-state index contributed by atoms with van der Waals surface area (Å²) in [6, 6.07) is 22.0. The van der Waals surface area contributed by atoms with Crippen molar-refractivity contribution in [3.63, 3.8) is 0 Å². The molecule has 45 heavy (non-hydrogen) atoms. The number of aliphatic hydroxyl groups is 1. The quantitative estimate of drug-likeness (QED) is 0.0852. The third-order valence-electron chi connectivity index (χ3n) is 7.37. The summed E-state index contributed by atoms with van der Waals surface area (Å²) in [7, 11) is 1.60. The molecule has 13 nitrogen and oxygen atoms in total. The second-order valence-corrected chi connectivity index (χ2v) is 10.3. The lowest BCUT2D eigenvalue weighted by molar-refractivity contribution is -0.129. The minimum atomic E-state index is -1.49. The Bertz CT molecular complexity index is 1570. The van der Waals surface area contributed by atoms with Crippen molar-refractivity contribution in [2.45, 2.75) is 44.0 Å². The number of benzene rings is 3. The van der Waals surface area contributed by atoms with Gasteiger partial charge < -0.3 is 24.6 Å². The molecule has 1 amide bonds. The molecule has 0 unspecified atom stereocenters. The first-order chi connectivity index (χ1) is 22.1. The molecule has 3 aromatic carbocycles. The zero-order chi connectivity index (χ0) is 31.9. The fourth-order valence-electron chi connectivity index (χ4n) is 5.15. The monoisotopic (exact) mass is 612 g/mol. The summed E-state index contributed by atoms with van der Waals surface area (Å²) in [6.45, 7) is 1.39. The minimum Gasteiger partial charge on any atom is -0.494 e. The van der Waals surface area contributed by atoms with Crippen LogP contribution in [0.15, 0.2) is 88.0 Å². The number of hydrogen-bond donors (Lipinski definition) is 2. The molecular weight excluding hydrogens is 576 g/mol. The van der Waals surface area contributed by atoms with E-state index in [1.807, 2.05) is 48.5 Å². The maximum atomic E-state index is 14.4. The third-order valence-corrected chi connectivity index (χ3v) is 7.37. The van der Waals surface area contributed by atoms with Gasteiger partial charge in [-0.15, -0.1) is 0 Å². The highest BCUT2D eigenvalue weighted by Crippen LogP contribution is 2.44. The van der Waals surface area contributed by atoms with Crippen molar-refractivity contribution >= 4 is 11.8 Å². The topological polar surface area (TPSA) is 187 Å². The first-order valence-corrected chi connectivity index (χ1v) is 14.6. The zero-order valence-electron chi connectivity index (χ0n) is 25.1. The van der Waals surface area contributed by atoms with Crippen molar-refractivity contribution in [3.05, 3.63) is 121 Å². The first-order valence-electron chi connectivity index (χ1n) is 14.6. The van der Waals surface area contributed by atoms with E-state index >= 15 is 0 Å². The van der Waals surface area contributed by atoms with Gasteiger partial charge in [0.25, 0.3) is 5.91 Å². The van der Waals surface area contributed by atoms with Crippen molar-refractivity contribution in [1.29, 1.82) is 0 Å². The summed E-state index contributed by atoms with van der Waals surface area (Å²) in [5, 5.41) is 19.7. The lowest BCUT2D eigenvalue weighted by Crippen LogP contribution is -2.50.